The molecule has 2 heteroatoms. The molecule has 11 heavy (non-hydrogen) atoms. The highest BCUT2D eigenvalue weighted by atomic mass is 19.3. The van der Waals surface area contributed by atoms with Crippen LogP contribution < -0.4 is 0 Å². The highest BCUT2D eigenvalue weighted by Gasteiger charge is 2.46. The van der Waals surface area contributed by atoms with Gasteiger partial charge in [0.25, 0.3) is 0 Å². The Hall–Kier alpha value is -0.400. The Morgan fingerprint density at radius 2 is 2.00 bits per heavy atom. The lowest BCUT2D eigenvalue weighted by molar-refractivity contribution is -0.0493. The van der Waals surface area contributed by atoms with Gasteiger partial charge >= 0.3 is 0 Å². The second-order valence-corrected chi connectivity index (χ2v) is 3.84. The maximum absolute atomic E-state index is 12.9. The molecule has 0 aromatic rings. The quantitative estimate of drug-likeness (QED) is 0.515. The maximum atomic E-state index is 12.9. The zero-order chi connectivity index (χ0) is 8.06. The number of rotatable bonds is 1. The van der Waals surface area contributed by atoms with Crippen molar-refractivity contribution in [3.8, 4) is 0 Å². The van der Waals surface area contributed by atoms with Gasteiger partial charge in [0.15, 0.2) is 0 Å². The van der Waals surface area contributed by atoms with Crippen molar-refractivity contribution in [2.24, 2.45) is 17.8 Å². The van der Waals surface area contributed by atoms with Crippen LogP contribution in [0.5, 0.6) is 0 Å². The van der Waals surface area contributed by atoms with Gasteiger partial charge in [0.05, 0.1) is 0 Å². The molecule has 62 valence electrons. The van der Waals surface area contributed by atoms with E-state index in [1.165, 1.54) is 0 Å². The summed E-state index contributed by atoms with van der Waals surface area (Å²) < 4.78 is 25.7. The molecule has 0 radical (unpaired) electrons. The molecule has 2 rings (SSSR count). The fourth-order valence-electron chi connectivity index (χ4n) is 2.36. The number of fused-ring (bicyclic) bond motifs is 2. The Bertz CT molecular complexity index is 190. The van der Waals surface area contributed by atoms with Crippen molar-refractivity contribution in [3.05, 3.63) is 12.2 Å². The fourth-order valence-corrected chi connectivity index (χ4v) is 2.36. The molecule has 3 unspecified atom stereocenters. The van der Waals surface area contributed by atoms with Crippen molar-refractivity contribution in [1.29, 1.82) is 0 Å². The zero-order valence-corrected chi connectivity index (χ0v) is 6.56. The Kier molecular flexibility index (Phi) is 1.35. The van der Waals surface area contributed by atoms with Crippen LogP contribution in [0.4, 0.5) is 8.78 Å². The van der Waals surface area contributed by atoms with E-state index in [1.807, 2.05) is 6.08 Å². The van der Waals surface area contributed by atoms with Gasteiger partial charge in [-0.25, -0.2) is 8.78 Å². The van der Waals surface area contributed by atoms with Crippen LogP contribution in [0.1, 0.15) is 19.8 Å². The SMILES string of the molecule is CC(F)(F)C1CC2C=CC1C2. The van der Waals surface area contributed by atoms with E-state index in [9.17, 15) is 8.78 Å². The van der Waals surface area contributed by atoms with Gasteiger partial charge in [0, 0.05) is 5.92 Å². The first kappa shape index (κ1) is 7.26. The molecule has 2 aliphatic carbocycles. The van der Waals surface area contributed by atoms with E-state index >= 15 is 0 Å². The Morgan fingerprint density at radius 3 is 2.27 bits per heavy atom. The lowest BCUT2D eigenvalue weighted by atomic mass is 9.89. The standard InChI is InChI=1S/C9H12F2/c1-9(10,11)8-5-6-2-3-7(8)4-6/h2-3,6-8H,4-5H2,1H3. The molecular weight excluding hydrogens is 146 g/mol. The van der Waals surface area contributed by atoms with Crippen LogP contribution in [0.15, 0.2) is 12.2 Å². The summed E-state index contributed by atoms with van der Waals surface area (Å²) in [6, 6.07) is 0. The molecular formula is C9H12F2. The van der Waals surface area contributed by atoms with E-state index in [-0.39, 0.29) is 11.8 Å². The summed E-state index contributed by atoms with van der Waals surface area (Å²) in [4.78, 5) is 0. The summed E-state index contributed by atoms with van der Waals surface area (Å²) in [6.07, 6.45) is 5.72. The first-order valence-electron chi connectivity index (χ1n) is 4.13. The summed E-state index contributed by atoms with van der Waals surface area (Å²) in [5, 5.41) is 0. The molecule has 3 atom stereocenters. The minimum Gasteiger partial charge on any atom is -0.207 e. The van der Waals surface area contributed by atoms with Crippen molar-refractivity contribution in [2.45, 2.75) is 25.7 Å². The predicted octanol–water partition coefficient (Wildman–Crippen LogP) is 2.85. The molecule has 1 fully saturated rings. The summed E-state index contributed by atoms with van der Waals surface area (Å²) in [6.45, 7) is 1.05. The van der Waals surface area contributed by atoms with Gasteiger partial charge in [0.2, 0.25) is 5.92 Å². The molecule has 0 saturated heterocycles. The van der Waals surface area contributed by atoms with Crippen LogP contribution in [-0.2, 0) is 0 Å². The van der Waals surface area contributed by atoms with E-state index in [0.29, 0.717) is 12.3 Å². The predicted molar refractivity (Wildman–Crippen MR) is 39.5 cm³/mol. The summed E-state index contributed by atoms with van der Waals surface area (Å²) in [7, 11) is 0. The van der Waals surface area contributed by atoms with Crippen LogP contribution in [0.3, 0.4) is 0 Å². The lowest BCUT2D eigenvalue weighted by Crippen LogP contribution is -2.27. The van der Waals surface area contributed by atoms with Crippen molar-refractivity contribution in [1.82, 2.24) is 0 Å². The van der Waals surface area contributed by atoms with Gasteiger partial charge in [-0.2, -0.15) is 0 Å². The van der Waals surface area contributed by atoms with Gasteiger partial charge in [-0.1, -0.05) is 12.2 Å². The van der Waals surface area contributed by atoms with Gasteiger partial charge in [-0.3, -0.25) is 0 Å². The molecule has 0 aliphatic heterocycles. The van der Waals surface area contributed by atoms with Crippen molar-refractivity contribution < 1.29 is 8.78 Å². The third-order valence-electron chi connectivity index (χ3n) is 2.93. The largest absolute Gasteiger partial charge is 0.248 e. The topological polar surface area (TPSA) is 0 Å². The molecule has 0 aromatic carbocycles. The second kappa shape index (κ2) is 2.05. The average Bonchev–Trinajstić information content (AvgIpc) is 2.42. The number of hydrogen-bond acceptors (Lipinski definition) is 0. The smallest absolute Gasteiger partial charge is 0.207 e. The van der Waals surface area contributed by atoms with Gasteiger partial charge in [-0.15, -0.1) is 0 Å². The Morgan fingerprint density at radius 1 is 1.27 bits per heavy atom. The van der Waals surface area contributed by atoms with E-state index in [0.717, 1.165) is 13.3 Å². The molecule has 0 N–H and O–H groups in total. The number of halogens is 2. The first-order chi connectivity index (χ1) is 5.07. The van der Waals surface area contributed by atoms with Crippen LogP contribution in [0.2, 0.25) is 0 Å². The average molecular weight is 158 g/mol. The van der Waals surface area contributed by atoms with Gasteiger partial charge < -0.3 is 0 Å². The second-order valence-electron chi connectivity index (χ2n) is 3.84. The normalized spacial score (nSPS) is 41.9. The summed E-state index contributed by atoms with van der Waals surface area (Å²) >= 11 is 0. The number of allylic oxidation sites excluding steroid dienone is 2. The molecule has 2 aliphatic rings. The molecule has 0 amide bonds. The fraction of sp³-hybridized carbons (Fsp3) is 0.778. The molecule has 0 aromatic heterocycles. The summed E-state index contributed by atoms with van der Waals surface area (Å²) in [5.74, 6) is -2.22. The van der Waals surface area contributed by atoms with Crippen LogP contribution in [0.25, 0.3) is 0 Å². The minimum atomic E-state index is -2.47. The van der Waals surface area contributed by atoms with E-state index in [4.69, 9.17) is 0 Å². The van der Waals surface area contributed by atoms with Crippen molar-refractivity contribution >= 4 is 0 Å². The Labute approximate surface area is 65.3 Å². The minimum absolute atomic E-state index is 0.167. The van der Waals surface area contributed by atoms with Crippen molar-refractivity contribution in [3.63, 3.8) is 0 Å². The highest BCUT2D eigenvalue weighted by Crippen LogP contribution is 2.49. The molecule has 2 bridgehead atoms. The zero-order valence-electron chi connectivity index (χ0n) is 6.56. The number of alkyl halides is 2. The monoisotopic (exact) mass is 158 g/mol. The van der Waals surface area contributed by atoms with Crippen LogP contribution in [-0.4, -0.2) is 5.92 Å². The molecule has 0 nitrogen and oxygen atoms in total. The van der Waals surface area contributed by atoms with E-state index < -0.39 is 5.92 Å². The molecule has 0 spiro atoms. The molecule has 1 saturated carbocycles. The summed E-state index contributed by atoms with van der Waals surface area (Å²) in [5.41, 5.74) is 0. The van der Waals surface area contributed by atoms with E-state index in [1.54, 1.807) is 0 Å². The number of hydrogen-bond donors (Lipinski definition) is 0. The highest BCUT2D eigenvalue weighted by molar-refractivity contribution is 5.11. The third-order valence-corrected chi connectivity index (χ3v) is 2.93. The first-order valence-corrected chi connectivity index (χ1v) is 4.13. The Balaban J connectivity index is 2.15. The van der Waals surface area contributed by atoms with Crippen LogP contribution in [0, 0.1) is 17.8 Å². The molecule has 0 heterocycles. The lowest BCUT2D eigenvalue weighted by Gasteiger charge is -2.24. The van der Waals surface area contributed by atoms with Gasteiger partial charge in [0.1, 0.15) is 0 Å². The van der Waals surface area contributed by atoms with E-state index in [2.05, 4.69) is 6.08 Å². The van der Waals surface area contributed by atoms with Crippen molar-refractivity contribution in [2.75, 3.05) is 0 Å². The van der Waals surface area contributed by atoms with Crippen LogP contribution >= 0.6 is 0 Å². The van der Waals surface area contributed by atoms with Gasteiger partial charge in [-0.05, 0) is 31.6 Å². The maximum Gasteiger partial charge on any atom is 0.248 e. The third kappa shape index (κ3) is 1.09.